The molecule has 0 bridgehead atoms. The van der Waals surface area contributed by atoms with E-state index < -0.39 is 24.3 Å². The highest BCUT2D eigenvalue weighted by Gasteiger charge is 2.46. The molecule has 2 saturated heterocycles. The first kappa shape index (κ1) is 27.0. The number of aliphatic carboxylic acids is 1. The van der Waals surface area contributed by atoms with Gasteiger partial charge in [0.25, 0.3) is 0 Å². The fourth-order valence-corrected chi connectivity index (χ4v) is 5.42. The van der Waals surface area contributed by atoms with E-state index in [-0.39, 0.29) is 33.5 Å². The van der Waals surface area contributed by atoms with E-state index in [1.54, 1.807) is 19.2 Å². The summed E-state index contributed by atoms with van der Waals surface area (Å²) >= 11 is 6.11. The lowest BCUT2D eigenvalue weighted by molar-refractivity contribution is -0.198. The second-order valence-electron chi connectivity index (χ2n) is 10.0. The maximum Gasteiger partial charge on any atom is 0.429 e. The van der Waals surface area contributed by atoms with Gasteiger partial charge >= 0.3 is 12.1 Å². The molecule has 14 heteroatoms. The maximum atomic E-state index is 14.4. The molecule has 39 heavy (non-hydrogen) atoms. The first-order chi connectivity index (χ1) is 18.4. The third kappa shape index (κ3) is 5.74. The maximum absolute atomic E-state index is 14.4. The molecule has 10 nitrogen and oxygen atoms in total. The van der Waals surface area contributed by atoms with Crippen molar-refractivity contribution in [2.75, 3.05) is 30.3 Å². The van der Waals surface area contributed by atoms with E-state index in [4.69, 9.17) is 22.1 Å². The number of nitrogens with zero attached hydrogens (tertiary/aromatic N) is 5. The van der Waals surface area contributed by atoms with Gasteiger partial charge in [0.05, 0.1) is 11.4 Å². The molecule has 2 aliphatic heterocycles. The number of rotatable bonds is 6. The summed E-state index contributed by atoms with van der Waals surface area (Å²) in [5, 5.41) is 16.9. The van der Waals surface area contributed by atoms with Crippen LogP contribution in [0.15, 0.2) is 36.5 Å². The lowest BCUT2D eigenvalue weighted by atomic mass is 9.76. The molecule has 4 heterocycles. The Morgan fingerprint density at radius 1 is 1.26 bits per heavy atom. The minimum absolute atomic E-state index is 0.117. The van der Waals surface area contributed by atoms with Crippen molar-refractivity contribution in [2.24, 2.45) is 5.41 Å². The highest BCUT2D eigenvalue weighted by atomic mass is 35.5. The number of piperidine rings is 1. The number of carboxylic acids is 1. The summed E-state index contributed by atoms with van der Waals surface area (Å²) in [4.78, 5) is 21.4. The van der Waals surface area contributed by atoms with Gasteiger partial charge in [-0.05, 0) is 49.8 Å². The minimum atomic E-state index is -4.81. The van der Waals surface area contributed by atoms with Gasteiger partial charge in [-0.2, -0.15) is 28.2 Å². The monoisotopic (exact) mass is 565 g/mol. The zero-order valence-electron chi connectivity index (χ0n) is 21.0. The molecule has 1 aromatic carbocycles. The van der Waals surface area contributed by atoms with Crippen LogP contribution in [-0.2, 0) is 4.79 Å². The van der Waals surface area contributed by atoms with E-state index in [2.05, 4.69) is 20.4 Å². The van der Waals surface area contributed by atoms with Crippen molar-refractivity contribution in [3.63, 3.8) is 0 Å². The Morgan fingerprint density at radius 2 is 2.00 bits per heavy atom. The molecule has 4 N–H and O–H groups in total. The second kappa shape index (κ2) is 10.2. The zero-order chi connectivity index (χ0) is 27.9. The van der Waals surface area contributed by atoms with Gasteiger partial charge in [0.1, 0.15) is 11.9 Å². The molecular weight excluding hydrogens is 539 g/mol. The van der Waals surface area contributed by atoms with Crippen LogP contribution in [0, 0.1) is 12.3 Å². The minimum Gasteiger partial charge on any atom is -0.480 e. The van der Waals surface area contributed by atoms with E-state index >= 15 is 0 Å². The number of ether oxygens (including phenoxy) is 1. The number of hydrogen-bond donors (Lipinski definition) is 3. The number of nitrogen functional groups attached to an aromatic ring is 1. The molecular formula is C25H27ClF3N7O3. The van der Waals surface area contributed by atoms with Gasteiger partial charge in [-0.3, -0.25) is 4.79 Å². The molecule has 0 aliphatic carbocycles. The summed E-state index contributed by atoms with van der Waals surface area (Å²) in [6.07, 6.45) is -3.72. The molecule has 208 valence electrons. The smallest absolute Gasteiger partial charge is 0.429 e. The predicted octanol–water partition coefficient (Wildman–Crippen LogP) is 3.92. The van der Waals surface area contributed by atoms with Crippen molar-refractivity contribution in [1.29, 1.82) is 0 Å². The van der Waals surface area contributed by atoms with Crippen molar-refractivity contribution in [3.8, 4) is 11.6 Å². The number of halogens is 4. The van der Waals surface area contributed by atoms with Gasteiger partial charge in [-0.1, -0.05) is 17.7 Å². The van der Waals surface area contributed by atoms with Crippen LogP contribution >= 0.6 is 11.6 Å². The summed E-state index contributed by atoms with van der Waals surface area (Å²) in [6.45, 7) is 3.39. The van der Waals surface area contributed by atoms with Gasteiger partial charge in [0.2, 0.25) is 17.9 Å². The summed E-state index contributed by atoms with van der Waals surface area (Å²) in [5.41, 5.74) is 6.28. The van der Waals surface area contributed by atoms with Crippen LogP contribution in [0.3, 0.4) is 0 Å². The molecule has 2 aliphatic rings. The summed E-state index contributed by atoms with van der Waals surface area (Å²) in [5.74, 6) is -1.08. The Kier molecular flexibility index (Phi) is 7.06. The SMILES string of the molecule is Cc1ccn(-c2cc(Cl)ccc2C(Oc2cc(N3CCC4(CC3)CN[C@@H](C(=O)O)C4)nc(N)n2)C(F)(F)F)n1. The van der Waals surface area contributed by atoms with Crippen LogP contribution in [-0.4, -0.2) is 62.7 Å². The predicted molar refractivity (Wildman–Crippen MR) is 137 cm³/mol. The van der Waals surface area contributed by atoms with Gasteiger partial charge in [0.15, 0.2) is 0 Å². The number of nitrogens with one attached hydrogen (secondary N) is 1. The molecule has 2 aromatic heterocycles. The third-order valence-corrected chi connectivity index (χ3v) is 7.53. The molecule has 1 spiro atoms. The van der Waals surface area contributed by atoms with Crippen LogP contribution in [0.5, 0.6) is 5.88 Å². The standard InChI is InChI=1S/C25H27ClF3N7O3/c1-14-4-7-36(34-14)18-10-15(26)2-3-16(18)21(25(27,28)29)39-20-11-19(32-23(30)33-20)35-8-5-24(6-9-35)12-17(22(37)38)31-13-24/h2-4,7,10-11,17,21,31H,5-6,8-9,12-13H2,1H3,(H,37,38)(H2,30,32,33)/t17-,21?/m1/s1. The largest absolute Gasteiger partial charge is 0.480 e. The Labute approximate surface area is 226 Å². The fraction of sp³-hybridized carbons (Fsp3) is 0.440. The molecule has 2 atom stereocenters. The van der Waals surface area contributed by atoms with Gasteiger partial charge < -0.3 is 25.8 Å². The van der Waals surface area contributed by atoms with Crippen molar-refractivity contribution in [1.82, 2.24) is 25.1 Å². The van der Waals surface area contributed by atoms with E-state index in [0.29, 0.717) is 50.4 Å². The quantitative estimate of drug-likeness (QED) is 0.407. The zero-order valence-corrected chi connectivity index (χ0v) is 21.7. The highest BCUT2D eigenvalue weighted by Crippen LogP contribution is 2.42. The summed E-state index contributed by atoms with van der Waals surface area (Å²) < 4.78 is 49.9. The van der Waals surface area contributed by atoms with Crippen LogP contribution in [0.1, 0.15) is 36.6 Å². The van der Waals surface area contributed by atoms with Gasteiger partial charge in [-0.15, -0.1) is 0 Å². The van der Waals surface area contributed by atoms with Crippen LogP contribution in [0.2, 0.25) is 5.02 Å². The first-order valence-electron chi connectivity index (χ1n) is 12.3. The second-order valence-corrected chi connectivity index (χ2v) is 10.5. The average molecular weight is 566 g/mol. The fourth-order valence-electron chi connectivity index (χ4n) is 5.25. The molecule has 0 amide bonds. The normalized spacial score (nSPS) is 19.8. The van der Waals surface area contributed by atoms with E-state index in [9.17, 15) is 23.1 Å². The number of carbonyl (C=O) groups is 1. The number of carboxylic acid groups (broad SMARTS) is 1. The number of anilines is 2. The molecule has 0 radical (unpaired) electrons. The molecule has 0 saturated carbocycles. The number of hydrogen-bond acceptors (Lipinski definition) is 8. The van der Waals surface area contributed by atoms with Gasteiger partial charge in [0, 0.05) is 42.5 Å². The number of nitrogens with two attached hydrogens (primary N) is 1. The third-order valence-electron chi connectivity index (χ3n) is 7.29. The van der Waals surface area contributed by atoms with E-state index in [1.807, 2.05) is 4.90 Å². The van der Waals surface area contributed by atoms with Crippen LogP contribution in [0.4, 0.5) is 24.9 Å². The topological polar surface area (TPSA) is 131 Å². The van der Waals surface area contributed by atoms with Gasteiger partial charge in [-0.25, -0.2) is 4.68 Å². The molecule has 1 unspecified atom stereocenters. The Balaban J connectivity index is 1.40. The lowest BCUT2D eigenvalue weighted by Crippen LogP contribution is -2.41. The Bertz CT molecular complexity index is 1380. The van der Waals surface area contributed by atoms with Crippen molar-refractivity contribution < 1.29 is 27.8 Å². The molecule has 3 aromatic rings. The van der Waals surface area contributed by atoms with E-state index in [0.717, 1.165) is 0 Å². The number of aryl methyl sites for hydroxylation is 1. The number of alkyl halides is 3. The first-order valence-corrected chi connectivity index (χ1v) is 12.7. The number of benzene rings is 1. The molecule has 2 fully saturated rings. The van der Waals surface area contributed by atoms with Crippen LogP contribution in [0.25, 0.3) is 5.69 Å². The Morgan fingerprint density at radius 3 is 2.62 bits per heavy atom. The van der Waals surface area contributed by atoms with Crippen molar-refractivity contribution in [3.05, 3.63) is 52.8 Å². The van der Waals surface area contributed by atoms with Crippen molar-refractivity contribution >= 4 is 29.3 Å². The van der Waals surface area contributed by atoms with Crippen molar-refractivity contribution in [2.45, 2.75) is 44.5 Å². The Hall–Kier alpha value is -3.58. The summed E-state index contributed by atoms with van der Waals surface area (Å²) in [7, 11) is 0. The number of aromatic nitrogens is 4. The average Bonchev–Trinajstić information content (AvgIpc) is 3.49. The highest BCUT2D eigenvalue weighted by molar-refractivity contribution is 6.30. The lowest BCUT2D eigenvalue weighted by Gasteiger charge is -2.39. The van der Waals surface area contributed by atoms with Crippen LogP contribution < -0.4 is 20.7 Å². The van der Waals surface area contributed by atoms with E-state index in [1.165, 1.54) is 28.9 Å². The molecule has 5 rings (SSSR count). The summed E-state index contributed by atoms with van der Waals surface area (Å²) in [6, 6.07) is 6.43.